The van der Waals surface area contributed by atoms with Crippen LogP contribution in [-0.2, 0) is 25.7 Å². The van der Waals surface area contributed by atoms with Gasteiger partial charge in [-0.1, -0.05) is 48.5 Å². The Morgan fingerprint density at radius 2 is 1.71 bits per heavy atom. The largest absolute Gasteiger partial charge is 0.356 e. The normalized spacial score (nSPS) is 22.5. The lowest BCUT2D eigenvalue weighted by atomic mass is 9.94. The number of amides is 4. The number of rotatable bonds is 10. The summed E-state index contributed by atoms with van der Waals surface area (Å²) in [4.78, 5) is 71.0. The first-order valence-electron chi connectivity index (χ1n) is 14.7. The number of nitrogens with one attached hydrogen (secondary N) is 4. The number of carbonyl (C=O) groups is 5. The Labute approximate surface area is 243 Å². The predicted octanol–water partition coefficient (Wildman–Crippen LogP) is 2.31. The molecular weight excluding hydrogens is 534 g/mol. The molecule has 3 fully saturated rings. The number of hydrogen-bond acceptors (Lipinski definition) is 5. The van der Waals surface area contributed by atoms with Crippen LogP contribution in [0.5, 0.6) is 0 Å². The molecule has 4 atom stereocenters. The maximum Gasteiger partial charge on any atom is 0.289 e. The van der Waals surface area contributed by atoms with Gasteiger partial charge >= 0.3 is 0 Å². The average Bonchev–Trinajstić information content (AvgIpc) is 3.41. The second-order valence-corrected chi connectivity index (χ2v) is 11.7. The summed E-state index contributed by atoms with van der Waals surface area (Å²) in [5, 5.41) is 9.09. The smallest absolute Gasteiger partial charge is 0.289 e. The lowest BCUT2D eigenvalue weighted by Gasteiger charge is -2.26. The molecule has 0 bridgehead atoms. The number of fused-ring (bicyclic) bond motifs is 1. The van der Waals surface area contributed by atoms with Crippen molar-refractivity contribution in [2.75, 3.05) is 13.1 Å². The zero-order valence-electron chi connectivity index (χ0n) is 23.3. The maximum atomic E-state index is 13.8. The van der Waals surface area contributed by atoms with Crippen LogP contribution in [0.2, 0.25) is 0 Å². The fourth-order valence-corrected chi connectivity index (χ4v) is 6.27. The fraction of sp³-hybridized carbons (Fsp3) is 0.406. The van der Waals surface area contributed by atoms with Gasteiger partial charge in [0.15, 0.2) is 0 Å². The molecular formula is C32H35N5O5. The van der Waals surface area contributed by atoms with E-state index in [2.05, 4.69) is 20.9 Å². The van der Waals surface area contributed by atoms with E-state index in [-0.39, 0.29) is 30.7 Å². The molecule has 218 valence electrons. The third kappa shape index (κ3) is 5.93. The molecule has 0 spiro atoms. The topological polar surface area (TPSA) is 140 Å². The summed E-state index contributed by atoms with van der Waals surface area (Å²) in [6.45, 7) is 1.10. The SMILES string of the molecule is O=C(NCc1ccccc1)C(=O)C(C[C@@H]1CCNC1=O)NC(=O)[C@@H]1C[C@@H](C2CC2)CN1C(=O)c1cc2ccccc2[nH]1. The second kappa shape index (κ2) is 11.8. The molecule has 10 heteroatoms. The third-order valence-electron chi connectivity index (χ3n) is 8.78. The number of H-pyrrole nitrogens is 1. The van der Waals surface area contributed by atoms with E-state index < -0.39 is 35.6 Å². The zero-order valence-corrected chi connectivity index (χ0v) is 23.3. The highest BCUT2D eigenvalue weighted by molar-refractivity contribution is 6.38. The molecule has 42 heavy (non-hydrogen) atoms. The standard InChI is InChI=1S/C32H35N5O5/c38-28(31(41)34-17-19-6-2-1-3-7-19)25(15-22-12-13-33-29(22)39)36-30(40)27-16-23(20-10-11-20)18-37(27)32(42)26-14-21-8-4-5-9-24(21)35-26/h1-9,14,20,22-23,25,27,35H,10-13,15-18H2,(H,33,39)(H,34,41)(H,36,40)/t22-,23+,25?,27-/m0/s1. The summed E-state index contributed by atoms with van der Waals surface area (Å²) in [5.41, 5.74) is 2.07. The Balaban J connectivity index is 1.20. The fourth-order valence-electron chi connectivity index (χ4n) is 6.27. The number of benzene rings is 2. The van der Waals surface area contributed by atoms with Gasteiger partial charge < -0.3 is 25.8 Å². The molecule has 1 aromatic heterocycles. The molecule has 2 saturated heterocycles. The number of ketones is 1. The van der Waals surface area contributed by atoms with Crippen LogP contribution in [0.15, 0.2) is 60.7 Å². The summed E-state index contributed by atoms with van der Waals surface area (Å²) in [5.74, 6) is -2.39. The molecule has 1 unspecified atom stereocenters. The quantitative estimate of drug-likeness (QED) is 0.278. The van der Waals surface area contributed by atoms with Gasteiger partial charge in [0.05, 0.1) is 6.04 Å². The van der Waals surface area contributed by atoms with Gasteiger partial charge in [0.2, 0.25) is 17.6 Å². The number of carbonyl (C=O) groups excluding carboxylic acids is 5. The van der Waals surface area contributed by atoms with E-state index >= 15 is 0 Å². The summed E-state index contributed by atoms with van der Waals surface area (Å²) >= 11 is 0. The van der Waals surface area contributed by atoms with Crippen LogP contribution >= 0.6 is 0 Å². The second-order valence-electron chi connectivity index (χ2n) is 11.7. The van der Waals surface area contributed by atoms with Crippen molar-refractivity contribution in [1.29, 1.82) is 0 Å². The minimum Gasteiger partial charge on any atom is -0.356 e. The van der Waals surface area contributed by atoms with Crippen molar-refractivity contribution in [2.45, 2.75) is 50.7 Å². The number of Topliss-reactive ketones (excluding diaryl/α,β-unsaturated/α-hetero) is 1. The summed E-state index contributed by atoms with van der Waals surface area (Å²) in [7, 11) is 0. The Morgan fingerprint density at radius 1 is 0.952 bits per heavy atom. The van der Waals surface area contributed by atoms with Crippen molar-refractivity contribution >= 4 is 40.3 Å². The number of nitrogens with zero attached hydrogens (tertiary/aromatic N) is 1. The van der Waals surface area contributed by atoms with Crippen molar-refractivity contribution in [2.24, 2.45) is 17.8 Å². The van der Waals surface area contributed by atoms with Gasteiger partial charge in [-0.3, -0.25) is 24.0 Å². The molecule has 3 aliphatic rings. The van der Waals surface area contributed by atoms with Crippen LogP contribution in [0.3, 0.4) is 0 Å². The van der Waals surface area contributed by atoms with Crippen molar-refractivity contribution in [3.63, 3.8) is 0 Å². The van der Waals surface area contributed by atoms with Crippen molar-refractivity contribution in [3.8, 4) is 0 Å². The summed E-state index contributed by atoms with van der Waals surface area (Å²) in [6, 6.07) is 16.6. The predicted molar refractivity (Wildman–Crippen MR) is 155 cm³/mol. The van der Waals surface area contributed by atoms with Crippen LogP contribution in [0.25, 0.3) is 10.9 Å². The maximum absolute atomic E-state index is 13.8. The lowest BCUT2D eigenvalue weighted by molar-refractivity contribution is -0.141. The molecule has 2 aliphatic heterocycles. The molecule has 2 aromatic carbocycles. The van der Waals surface area contributed by atoms with Gasteiger partial charge in [0.1, 0.15) is 11.7 Å². The van der Waals surface area contributed by atoms with Crippen molar-refractivity contribution < 1.29 is 24.0 Å². The molecule has 1 saturated carbocycles. The Hall–Kier alpha value is -4.47. The van der Waals surface area contributed by atoms with Gasteiger partial charge in [-0.15, -0.1) is 0 Å². The highest BCUT2D eigenvalue weighted by atomic mass is 16.2. The molecule has 3 aromatic rings. The highest BCUT2D eigenvalue weighted by Crippen LogP contribution is 2.43. The lowest BCUT2D eigenvalue weighted by Crippen LogP contribution is -2.54. The molecule has 3 heterocycles. The molecule has 10 nitrogen and oxygen atoms in total. The van der Waals surface area contributed by atoms with Crippen LogP contribution in [0.4, 0.5) is 0 Å². The Kier molecular flexibility index (Phi) is 7.78. The minimum absolute atomic E-state index is 0.0178. The number of aromatic amines is 1. The van der Waals surface area contributed by atoms with Crippen LogP contribution in [0, 0.1) is 17.8 Å². The number of hydrogen-bond donors (Lipinski definition) is 4. The summed E-state index contributed by atoms with van der Waals surface area (Å²) < 4.78 is 0. The van der Waals surface area contributed by atoms with Gasteiger partial charge in [-0.2, -0.15) is 0 Å². The third-order valence-corrected chi connectivity index (χ3v) is 8.78. The number of aromatic nitrogens is 1. The van der Waals surface area contributed by atoms with Gasteiger partial charge in [0, 0.05) is 36.5 Å². The first kappa shape index (κ1) is 27.7. The van der Waals surface area contributed by atoms with Gasteiger partial charge in [-0.05, 0) is 61.6 Å². The van der Waals surface area contributed by atoms with E-state index in [0.29, 0.717) is 37.5 Å². The van der Waals surface area contributed by atoms with E-state index in [1.165, 1.54) is 0 Å². The summed E-state index contributed by atoms with van der Waals surface area (Å²) in [6.07, 6.45) is 3.18. The van der Waals surface area contributed by atoms with E-state index in [1.807, 2.05) is 54.6 Å². The van der Waals surface area contributed by atoms with Crippen molar-refractivity contribution in [3.05, 3.63) is 71.9 Å². The Bertz CT molecular complexity index is 1480. The molecule has 6 rings (SSSR count). The van der Waals surface area contributed by atoms with E-state index in [1.54, 1.807) is 11.0 Å². The molecule has 4 N–H and O–H groups in total. The number of likely N-dealkylation sites (tertiary alicyclic amines) is 1. The molecule has 4 amide bonds. The first-order chi connectivity index (χ1) is 20.4. The van der Waals surface area contributed by atoms with Crippen LogP contribution < -0.4 is 16.0 Å². The zero-order chi connectivity index (χ0) is 29.2. The van der Waals surface area contributed by atoms with Gasteiger partial charge in [-0.25, -0.2) is 0 Å². The first-order valence-corrected chi connectivity index (χ1v) is 14.7. The van der Waals surface area contributed by atoms with E-state index in [4.69, 9.17) is 0 Å². The number of para-hydroxylation sites is 1. The molecule has 1 aliphatic carbocycles. The van der Waals surface area contributed by atoms with E-state index in [9.17, 15) is 24.0 Å². The highest BCUT2D eigenvalue weighted by Gasteiger charge is 2.46. The van der Waals surface area contributed by atoms with Gasteiger partial charge in [0.25, 0.3) is 11.8 Å². The Morgan fingerprint density at radius 3 is 2.43 bits per heavy atom. The van der Waals surface area contributed by atoms with Crippen LogP contribution in [-0.4, -0.2) is 64.5 Å². The van der Waals surface area contributed by atoms with Crippen molar-refractivity contribution in [1.82, 2.24) is 25.8 Å². The minimum atomic E-state index is -1.19. The monoisotopic (exact) mass is 569 g/mol. The van der Waals surface area contributed by atoms with Crippen LogP contribution in [0.1, 0.15) is 48.2 Å². The average molecular weight is 570 g/mol. The molecule has 0 radical (unpaired) electrons. The van der Waals surface area contributed by atoms with E-state index in [0.717, 1.165) is 29.3 Å².